The van der Waals surface area contributed by atoms with Gasteiger partial charge in [-0.3, -0.25) is 9.59 Å². The van der Waals surface area contributed by atoms with Crippen molar-refractivity contribution in [2.45, 2.75) is 26.2 Å². The maximum Gasteiger partial charge on any atom is 0.257 e. The number of hydrogen-bond donors (Lipinski definition) is 2. The van der Waals surface area contributed by atoms with Gasteiger partial charge in [0.25, 0.3) is 5.91 Å². The van der Waals surface area contributed by atoms with Crippen LogP contribution in [0.3, 0.4) is 0 Å². The Hall–Kier alpha value is -3.61. The minimum absolute atomic E-state index is 0.121. The molecule has 7 nitrogen and oxygen atoms in total. The standard InChI is InChI=1S/C23H25N3O4/c1-3-22(28)24-17-11-12-21(27)19(14-17)23(29)26(2)13-7-10-18-15-20(25-30-18)16-8-5-4-6-9-16/h4-6,8-9,11-12,14-15,27H,3,7,10,13H2,1-2H3,(H,24,28). The minimum atomic E-state index is -0.317. The fourth-order valence-electron chi connectivity index (χ4n) is 3.01. The van der Waals surface area contributed by atoms with Gasteiger partial charge < -0.3 is 19.8 Å². The molecule has 0 bridgehead atoms. The zero-order valence-electron chi connectivity index (χ0n) is 17.1. The number of rotatable bonds is 8. The van der Waals surface area contributed by atoms with Crippen molar-refractivity contribution in [3.63, 3.8) is 0 Å². The van der Waals surface area contributed by atoms with Gasteiger partial charge in [0.05, 0.1) is 5.56 Å². The number of aromatic nitrogens is 1. The third-order valence-corrected chi connectivity index (χ3v) is 4.72. The van der Waals surface area contributed by atoms with Crippen molar-refractivity contribution < 1.29 is 19.2 Å². The van der Waals surface area contributed by atoms with Gasteiger partial charge in [-0.2, -0.15) is 0 Å². The molecule has 30 heavy (non-hydrogen) atoms. The summed E-state index contributed by atoms with van der Waals surface area (Å²) >= 11 is 0. The van der Waals surface area contributed by atoms with Crippen molar-refractivity contribution in [3.8, 4) is 17.0 Å². The lowest BCUT2D eigenvalue weighted by Gasteiger charge is -2.18. The molecule has 3 aromatic rings. The Labute approximate surface area is 175 Å². The molecule has 0 atom stereocenters. The van der Waals surface area contributed by atoms with Gasteiger partial charge in [-0.1, -0.05) is 42.4 Å². The molecule has 7 heteroatoms. The van der Waals surface area contributed by atoms with E-state index < -0.39 is 0 Å². The Morgan fingerprint density at radius 3 is 2.63 bits per heavy atom. The summed E-state index contributed by atoms with van der Waals surface area (Å²) in [5, 5.41) is 16.9. The molecule has 2 aromatic carbocycles. The first kappa shape index (κ1) is 21.1. The third kappa shape index (κ3) is 5.26. The number of amides is 2. The summed E-state index contributed by atoms with van der Waals surface area (Å²) in [5.74, 6) is 0.155. The Morgan fingerprint density at radius 1 is 1.13 bits per heavy atom. The number of anilines is 1. The summed E-state index contributed by atoms with van der Waals surface area (Å²) in [6, 6.07) is 16.1. The molecule has 1 heterocycles. The van der Waals surface area contributed by atoms with Crippen molar-refractivity contribution in [1.29, 1.82) is 0 Å². The molecule has 0 spiro atoms. The molecule has 3 rings (SSSR count). The lowest BCUT2D eigenvalue weighted by atomic mass is 10.1. The predicted molar refractivity (Wildman–Crippen MR) is 114 cm³/mol. The molecule has 156 valence electrons. The molecular formula is C23H25N3O4. The molecule has 0 unspecified atom stereocenters. The summed E-state index contributed by atoms with van der Waals surface area (Å²) in [6.45, 7) is 2.22. The number of nitrogens with zero attached hydrogens (tertiary/aromatic N) is 2. The Kier molecular flexibility index (Phi) is 6.85. The second kappa shape index (κ2) is 9.73. The van der Waals surface area contributed by atoms with Gasteiger partial charge in [0.15, 0.2) is 0 Å². The number of phenolic OH excluding ortho intramolecular Hbond substituents is 1. The highest BCUT2D eigenvalue weighted by Gasteiger charge is 2.17. The molecule has 0 aliphatic heterocycles. The number of phenols is 1. The second-order valence-electron chi connectivity index (χ2n) is 7.01. The molecule has 0 aliphatic rings. The maximum absolute atomic E-state index is 12.7. The smallest absolute Gasteiger partial charge is 0.257 e. The fraction of sp³-hybridized carbons (Fsp3) is 0.261. The molecule has 0 fully saturated rings. The van der Waals surface area contributed by atoms with E-state index in [0.717, 1.165) is 17.0 Å². The molecule has 2 N–H and O–H groups in total. The van der Waals surface area contributed by atoms with Gasteiger partial charge in [-0.15, -0.1) is 0 Å². The van der Waals surface area contributed by atoms with Crippen LogP contribution in [0.1, 0.15) is 35.9 Å². The highest BCUT2D eigenvalue weighted by Crippen LogP contribution is 2.23. The zero-order chi connectivity index (χ0) is 21.5. The Balaban J connectivity index is 1.57. The summed E-state index contributed by atoms with van der Waals surface area (Å²) in [5.41, 5.74) is 2.40. The maximum atomic E-state index is 12.7. The Morgan fingerprint density at radius 2 is 1.90 bits per heavy atom. The predicted octanol–water partition coefficient (Wildman–Crippen LogP) is 4.10. The van der Waals surface area contributed by atoms with Gasteiger partial charge >= 0.3 is 0 Å². The number of carbonyl (C=O) groups is 2. The van der Waals surface area contributed by atoms with Crippen LogP contribution in [-0.2, 0) is 11.2 Å². The lowest BCUT2D eigenvalue weighted by Crippen LogP contribution is -2.28. The third-order valence-electron chi connectivity index (χ3n) is 4.72. The minimum Gasteiger partial charge on any atom is -0.507 e. The van der Waals surface area contributed by atoms with Gasteiger partial charge in [-0.05, 0) is 24.6 Å². The van der Waals surface area contributed by atoms with Crippen LogP contribution < -0.4 is 5.32 Å². The van der Waals surface area contributed by atoms with Crippen molar-refractivity contribution in [3.05, 3.63) is 65.9 Å². The van der Waals surface area contributed by atoms with Crippen molar-refractivity contribution >= 4 is 17.5 Å². The van der Waals surface area contributed by atoms with Crippen molar-refractivity contribution in [2.24, 2.45) is 0 Å². The van der Waals surface area contributed by atoms with Crippen LogP contribution in [0, 0.1) is 0 Å². The number of nitrogens with one attached hydrogen (secondary N) is 1. The first-order chi connectivity index (χ1) is 14.5. The monoisotopic (exact) mass is 407 g/mol. The summed E-state index contributed by atoms with van der Waals surface area (Å²) in [4.78, 5) is 25.8. The van der Waals surface area contributed by atoms with E-state index >= 15 is 0 Å². The first-order valence-corrected chi connectivity index (χ1v) is 9.87. The number of aromatic hydroxyl groups is 1. The van der Waals surface area contributed by atoms with E-state index in [4.69, 9.17) is 4.52 Å². The van der Waals surface area contributed by atoms with E-state index in [1.54, 1.807) is 20.0 Å². The number of hydrogen-bond acceptors (Lipinski definition) is 5. The molecule has 0 saturated carbocycles. The van der Waals surface area contributed by atoms with E-state index in [9.17, 15) is 14.7 Å². The van der Waals surface area contributed by atoms with Crippen LogP contribution in [-0.4, -0.2) is 40.6 Å². The average molecular weight is 407 g/mol. The van der Waals surface area contributed by atoms with Crippen LogP contribution in [0.25, 0.3) is 11.3 Å². The fourth-order valence-corrected chi connectivity index (χ4v) is 3.01. The molecule has 2 amide bonds. The number of carbonyl (C=O) groups excluding carboxylic acids is 2. The van der Waals surface area contributed by atoms with Crippen LogP contribution in [0.2, 0.25) is 0 Å². The topological polar surface area (TPSA) is 95.7 Å². The van der Waals surface area contributed by atoms with Crippen LogP contribution in [0.15, 0.2) is 59.1 Å². The summed E-state index contributed by atoms with van der Waals surface area (Å²) < 4.78 is 5.39. The number of aryl methyl sites for hydroxylation is 1. The highest BCUT2D eigenvalue weighted by molar-refractivity contribution is 5.99. The van der Waals surface area contributed by atoms with Gasteiger partial charge in [0, 0.05) is 43.8 Å². The second-order valence-corrected chi connectivity index (χ2v) is 7.01. The number of benzene rings is 2. The quantitative estimate of drug-likeness (QED) is 0.548. The highest BCUT2D eigenvalue weighted by atomic mass is 16.5. The first-order valence-electron chi connectivity index (χ1n) is 9.87. The average Bonchev–Trinajstić information content (AvgIpc) is 3.24. The summed E-state index contributed by atoms with van der Waals surface area (Å²) in [7, 11) is 1.68. The van der Waals surface area contributed by atoms with Gasteiger partial charge in [-0.25, -0.2) is 0 Å². The lowest BCUT2D eigenvalue weighted by molar-refractivity contribution is -0.115. The molecular weight excluding hydrogens is 382 g/mol. The van der Waals surface area contributed by atoms with Gasteiger partial charge in [0.1, 0.15) is 17.2 Å². The van der Waals surface area contributed by atoms with E-state index in [2.05, 4.69) is 10.5 Å². The SMILES string of the molecule is CCC(=O)Nc1ccc(O)c(C(=O)N(C)CCCc2cc(-c3ccccc3)no2)c1. The Bertz CT molecular complexity index is 1010. The van der Waals surface area contributed by atoms with Crippen molar-refractivity contribution in [1.82, 2.24) is 10.1 Å². The van der Waals surface area contributed by atoms with Crippen LogP contribution in [0.5, 0.6) is 5.75 Å². The largest absolute Gasteiger partial charge is 0.507 e. The van der Waals surface area contributed by atoms with E-state index in [1.165, 1.54) is 17.0 Å². The zero-order valence-corrected chi connectivity index (χ0v) is 17.1. The van der Waals surface area contributed by atoms with E-state index in [1.807, 2.05) is 36.4 Å². The normalized spacial score (nSPS) is 10.6. The molecule has 0 saturated heterocycles. The van der Waals surface area contributed by atoms with Crippen LogP contribution >= 0.6 is 0 Å². The van der Waals surface area contributed by atoms with Crippen LogP contribution in [0.4, 0.5) is 5.69 Å². The molecule has 0 aliphatic carbocycles. The van der Waals surface area contributed by atoms with Gasteiger partial charge in [0.2, 0.25) is 5.91 Å². The molecule has 0 radical (unpaired) electrons. The van der Waals surface area contributed by atoms with E-state index in [-0.39, 0.29) is 23.1 Å². The molecule has 1 aromatic heterocycles. The van der Waals surface area contributed by atoms with Crippen molar-refractivity contribution in [2.75, 3.05) is 18.9 Å². The summed E-state index contributed by atoms with van der Waals surface area (Å²) in [6.07, 6.45) is 1.65. The van der Waals surface area contributed by atoms with E-state index in [0.29, 0.717) is 31.5 Å².